The van der Waals surface area contributed by atoms with Gasteiger partial charge < -0.3 is 4.74 Å². The Labute approximate surface area is 145 Å². The maximum absolute atomic E-state index is 12.7. The Morgan fingerprint density at radius 1 is 1.16 bits per heavy atom. The van der Waals surface area contributed by atoms with Crippen molar-refractivity contribution in [1.29, 1.82) is 0 Å². The lowest BCUT2D eigenvalue weighted by Gasteiger charge is -2.10. The van der Waals surface area contributed by atoms with Gasteiger partial charge in [0.1, 0.15) is 0 Å². The third-order valence-electron chi connectivity index (χ3n) is 3.74. The van der Waals surface area contributed by atoms with Crippen LogP contribution < -0.4 is 4.72 Å². The van der Waals surface area contributed by atoms with Crippen LogP contribution >= 0.6 is 0 Å². The van der Waals surface area contributed by atoms with Crippen molar-refractivity contribution in [3.8, 4) is 0 Å². The Balaban J connectivity index is 2.07. The summed E-state index contributed by atoms with van der Waals surface area (Å²) in [6.45, 7) is 5.75. The number of rotatable bonds is 5. The van der Waals surface area contributed by atoms with Crippen molar-refractivity contribution in [2.24, 2.45) is 0 Å². The Kier molecular flexibility index (Phi) is 4.44. The van der Waals surface area contributed by atoms with Crippen LogP contribution in [0.3, 0.4) is 0 Å². The number of hydrogen-bond donors (Lipinski definition) is 1. The zero-order chi connectivity index (χ0) is 18.2. The molecule has 2 aromatic heterocycles. The molecule has 0 bridgehead atoms. The highest BCUT2D eigenvalue weighted by Gasteiger charge is 2.23. The maximum Gasteiger partial charge on any atom is 0.299 e. The molecule has 25 heavy (non-hydrogen) atoms. The first-order valence-electron chi connectivity index (χ1n) is 7.63. The van der Waals surface area contributed by atoms with Gasteiger partial charge in [0, 0.05) is 12.8 Å². The largest absolute Gasteiger partial charge is 0.378 e. The van der Waals surface area contributed by atoms with Crippen LogP contribution in [0, 0.1) is 20.8 Å². The average molecular weight is 361 g/mol. The lowest BCUT2D eigenvalue weighted by atomic mass is 10.1. The number of benzene rings is 1. The molecular formula is C16H19N5O3S. The van der Waals surface area contributed by atoms with Gasteiger partial charge in [-0.1, -0.05) is 18.2 Å². The van der Waals surface area contributed by atoms with E-state index in [-0.39, 0.29) is 17.5 Å². The highest BCUT2D eigenvalue weighted by atomic mass is 32.2. The number of aryl methyl sites for hydroxylation is 3. The van der Waals surface area contributed by atoms with Gasteiger partial charge in [0.15, 0.2) is 0 Å². The summed E-state index contributed by atoms with van der Waals surface area (Å²) >= 11 is 0. The van der Waals surface area contributed by atoms with Gasteiger partial charge in [0.2, 0.25) is 0 Å². The Bertz CT molecular complexity index is 1020. The second-order valence-electron chi connectivity index (χ2n) is 5.80. The number of ether oxygens (including phenoxy) is 1. The van der Waals surface area contributed by atoms with Crippen LogP contribution in [0.2, 0.25) is 0 Å². The van der Waals surface area contributed by atoms with Crippen molar-refractivity contribution in [3.63, 3.8) is 0 Å². The van der Waals surface area contributed by atoms with E-state index in [2.05, 4.69) is 19.8 Å². The highest BCUT2D eigenvalue weighted by Crippen LogP contribution is 2.22. The van der Waals surface area contributed by atoms with Gasteiger partial charge in [0.25, 0.3) is 21.0 Å². The van der Waals surface area contributed by atoms with Crippen LogP contribution in [-0.2, 0) is 21.4 Å². The fraction of sp³-hybridized carbons (Fsp3) is 0.312. The van der Waals surface area contributed by atoms with Crippen LogP contribution in [0.25, 0.3) is 5.78 Å². The number of fused-ring (bicyclic) bond motifs is 1. The number of nitrogens with one attached hydrogen (secondary N) is 1. The minimum Gasteiger partial charge on any atom is -0.378 e. The lowest BCUT2D eigenvalue weighted by molar-refractivity contribution is 0.179. The number of methoxy groups -OCH3 is 1. The highest BCUT2D eigenvalue weighted by molar-refractivity contribution is 7.92. The quantitative estimate of drug-likeness (QED) is 0.746. The normalized spacial score (nSPS) is 11.8. The van der Waals surface area contributed by atoms with Gasteiger partial charge in [-0.2, -0.15) is 17.9 Å². The van der Waals surface area contributed by atoms with Crippen LogP contribution in [-0.4, -0.2) is 35.1 Å². The summed E-state index contributed by atoms with van der Waals surface area (Å²) in [5, 5.41) is 3.78. The van der Waals surface area contributed by atoms with Crippen LogP contribution in [0.5, 0.6) is 0 Å². The molecule has 0 spiro atoms. The average Bonchev–Trinajstić information content (AvgIpc) is 2.96. The predicted octanol–water partition coefficient (Wildman–Crippen LogP) is 2.00. The Morgan fingerprint density at radius 3 is 2.48 bits per heavy atom. The summed E-state index contributed by atoms with van der Waals surface area (Å²) in [4.78, 5) is 8.31. The van der Waals surface area contributed by atoms with E-state index in [4.69, 9.17) is 4.74 Å². The molecule has 0 saturated carbocycles. The molecule has 3 rings (SSSR count). The summed E-state index contributed by atoms with van der Waals surface area (Å²) in [6.07, 6.45) is 0. The SMILES string of the molecule is COCc1cc(C)nc2nc(S(=O)(=O)Nc3c(C)cccc3C)nn12. The molecule has 0 aliphatic heterocycles. The summed E-state index contributed by atoms with van der Waals surface area (Å²) in [5.41, 5.74) is 3.55. The molecule has 0 aliphatic rings. The zero-order valence-corrected chi connectivity index (χ0v) is 15.3. The first-order valence-corrected chi connectivity index (χ1v) is 9.11. The second kappa shape index (κ2) is 6.41. The molecule has 1 N–H and O–H groups in total. The van der Waals surface area contributed by atoms with Gasteiger partial charge in [-0.15, -0.1) is 5.10 Å². The van der Waals surface area contributed by atoms with E-state index in [1.54, 1.807) is 20.1 Å². The van der Waals surface area contributed by atoms with Crippen LogP contribution in [0.4, 0.5) is 5.69 Å². The van der Waals surface area contributed by atoms with E-state index < -0.39 is 10.0 Å². The van der Waals surface area contributed by atoms with Crippen molar-refractivity contribution in [3.05, 3.63) is 46.8 Å². The Hall–Kier alpha value is -2.52. The van der Waals surface area contributed by atoms with E-state index >= 15 is 0 Å². The Morgan fingerprint density at radius 2 is 1.84 bits per heavy atom. The maximum atomic E-state index is 12.7. The summed E-state index contributed by atoms with van der Waals surface area (Å²) in [7, 11) is -2.38. The minimum absolute atomic E-state index is 0.217. The van der Waals surface area contributed by atoms with Crippen molar-refractivity contribution in [2.75, 3.05) is 11.8 Å². The van der Waals surface area contributed by atoms with E-state index in [1.165, 1.54) is 4.52 Å². The molecule has 0 fully saturated rings. The van der Waals surface area contributed by atoms with Crippen molar-refractivity contribution < 1.29 is 13.2 Å². The van der Waals surface area contributed by atoms with Crippen molar-refractivity contribution in [1.82, 2.24) is 19.6 Å². The van der Waals surface area contributed by atoms with E-state index in [1.807, 2.05) is 32.0 Å². The standard InChI is InChI=1S/C16H19N5O3S/c1-10-6-5-7-11(2)14(10)20-25(22,23)16-18-15-17-12(3)8-13(9-24-4)21(15)19-16/h5-8,20H,9H2,1-4H3. The summed E-state index contributed by atoms with van der Waals surface area (Å²) in [6, 6.07) is 7.32. The molecule has 0 aliphatic carbocycles. The molecule has 1 aromatic carbocycles. The number of aromatic nitrogens is 4. The van der Waals surface area contributed by atoms with Gasteiger partial charge in [-0.25, -0.2) is 4.98 Å². The van der Waals surface area contributed by atoms with Gasteiger partial charge in [-0.05, 0) is 38.0 Å². The van der Waals surface area contributed by atoms with Gasteiger partial charge >= 0.3 is 0 Å². The molecule has 132 valence electrons. The zero-order valence-electron chi connectivity index (χ0n) is 14.4. The first kappa shape index (κ1) is 17.3. The van der Waals surface area contributed by atoms with Crippen molar-refractivity contribution >= 4 is 21.5 Å². The monoisotopic (exact) mass is 361 g/mol. The first-order chi connectivity index (χ1) is 11.8. The number of hydrogen-bond acceptors (Lipinski definition) is 6. The molecule has 0 unspecified atom stereocenters. The van der Waals surface area contributed by atoms with Crippen LogP contribution in [0.1, 0.15) is 22.5 Å². The number of nitrogens with zero attached hydrogens (tertiary/aromatic N) is 4. The third kappa shape index (κ3) is 3.33. The number of para-hydroxylation sites is 1. The van der Waals surface area contributed by atoms with E-state index in [0.717, 1.165) is 11.1 Å². The minimum atomic E-state index is -3.94. The molecule has 2 heterocycles. The smallest absolute Gasteiger partial charge is 0.299 e. The molecule has 3 aromatic rings. The molecule has 0 radical (unpaired) electrons. The fourth-order valence-electron chi connectivity index (χ4n) is 2.56. The van der Waals surface area contributed by atoms with E-state index in [0.29, 0.717) is 17.1 Å². The molecule has 0 amide bonds. The number of anilines is 1. The topological polar surface area (TPSA) is 98.5 Å². The molecule has 0 atom stereocenters. The fourth-order valence-corrected chi connectivity index (χ4v) is 3.64. The summed E-state index contributed by atoms with van der Waals surface area (Å²) in [5.74, 6) is 0.217. The lowest BCUT2D eigenvalue weighted by Crippen LogP contribution is -2.16. The molecular weight excluding hydrogens is 342 g/mol. The van der Waals surface area contributed by atoms with Gasteiger partial charge in [-0.3, -0.25) is 4.72 Å². The van der Waals surface area contributed by atoms with Crippen LogP contribution in [0.15, 0.2) is 29.4 Å². The van der Waals surface area contributed by atoms with Gasteiger partial charge in [0.05, 0.1) is 18.0 Å². The molecule has 9 heteroatoms. The molecule has 0 saturated heterocycles. The number of sulfonamides is 1. The molecule has 8 nitrogen and oxygen atoms in total. The predicted molar refractivity (Wildman–Crippen MR) is 93.0 cm³/mol. The van der Waals surface area contributed by atoms with E-state index in [9.17, 15) is 8.42 Å². The second-order valence-corrected chi connectivity index (χ2v) is 7.38. The third-order valence-corrected chi connectivity index (χ3v) is 4.87. The summed E-state index contributed by atoms with van der Waals surface area (Å²) < 4.78 is 34.5. The van der Waals surface area contributed by atoms with Crippen molar-refractivity contribution in [2.45, 2.75) is 32.5 Å².